The average molecular weight is 305 g/mol. The van der Waals surface area contributed by atoms with Gasteiger partial charge in [-0.15, -0.1) is 0 Å². The number of oxazole rings is 1. The standard InChI is InChI=1S/C13H15N5O2S/c1-2-5-18-12(15-8-16-18)7-21(19)13-17-10-4-3-9(14)6-11(10)20-13/h3-4,6,8H,2,5,7,14H2,1H3. The van der Waals surface area contributed by atoms with Crippen molar-refractivity contribution in [1.82, 2.24) is 19.7 Å². The first-order valence-corrected chi connectivity index (χ1v) is 7.90. The predicted octanol–water partition coefficient (Wildman–Crippen LogP) is 1.72. The Morgan fingerprint density at radius 3 is 3.10 bits per heavy atom. The van der Waals surface area contributed by atoms with Crippen LogP contribution in [0.5, 0.6) is 0 Å². The molecule has 0 saturated carbocycles. The highest BCUT2D eigenvalue weighted by molar-refractivity contribution is 7.84. The number of rotatable bonds is 5. The predicted molar refractivity (Wildman–Crippen MR) is 78.8 cm³/mol. The molecule has 0 saturated heterocycles. The van der Waals surface area contributed by atoms with Crippen molar-refractivity contribution < 1.29 is 8.63 Å². The number of hydrogen-bond acceptors (Lipinski definition) is 6. The second-order valence-corrected chi connectivity index (χ2v) is 5.93. The Morgan fingerprint density at radius 1 is 1.43 bits per heavy atom. The number of aryl methyl sites for hydroxylation is 1. The third-order valence-corrected chi connectivity index (χ3v) is 4.06. The van der Waals surface area contributed by atoms with Crippen molar-refractivity contribution in [2.24, 2.45) is 0 Å². The third-order valence-electron chi connectivity index (χ3n) is 2.98. The zero-order valence-corrected chi connectivity index (χ0v) is 12.3. The molecule has 2 aromatic heterocycles. The van der Waals surface area contributed by atoms with E-state index < -0.39 is 10.8 Å². The second kappa shape index (κ2) is 5.65. The number of nitrogen functional groups attached to an aromatic ring is 1. The average Bonchev–Trinajstić information content (AvgIpc) is 3.06. The molecule has 1 aromatic carbocycles. The van der Waals surface area contributed by atoms with Crippen molar-refractivity contribution in [2.45, 2.75) is 30.9 Å². The highest BCUT2D eigenvalue weighted by atomic mass is 32.2. The van der Waals surface area contributed by atoms with Crippen LogP contribution in [0.3, 0.4) is 0 Å². The topological polar surface area (TPSA) is 99.8 Å². The molecule has 8 heteroatoms. The molecule has 0 aliphatic carbocycles. The first kappa shape index (κ1) is 13.7. The van der Waals surface area contributed by atoms with Crippen LogP contribution in [0.25, 0.3) is 11.1 Å². The lowest BCUT2D eigenvalue weighted by molar-refractivity contribution is 0.476. The Labute approximate surface area is 123 Å². The van der Waals surface area contributed by atoms with Gasteiger partial charge < -0.3 is 10.2 Å². The highest BCUT2D eigenvalue weighted by Crippen LogP contribution is 2.21. The minimum absolute atomic E-state index is 0.182. The summed E-state index contributed by atoms with van der Waals surface area (Å²) < 4.78 is 19.6. The molecule has 110 valence electrons. The van der Waals surface area contributed by atoms with Crippen molar-refractivity contribution in [3.8, 4) is 0 Å². The molecule has 0 spiro atoms. The molecule has 2 N–H and O–H groups in total. The van der Waals surface area contributed by atoms with Crippen LogP contribution in [0.15, 0.2) is 34.2 Å². The van der Waals surface area contributed by atoms with Gasteiger partial charge in [0.1, 0.15) is 28.5 Å². The maximum Gasteiger partial charge on any atom is 0.288 e. The van der Waals surface area contributed by atoms with Gasteiger partial charge in [0.15, 0.2) is 5.58 Å². The van der Waals surface area contributed by atoms with Gasteiger partial charge in [-0.25, -0.2) is 18.9 Å². The fourth-order valence-corrected chi connectivity index (χ4v) is 2.96. The molecule has 21 heavy (non-hydrogen) atoms. The van der Waals surface area contributed by atoms with E-state index in [9.17, 15) is 4.21 Å². The van der Waals surface area contributed by atoms with Gasteiger partial charge in [0, 0.05) is 18.3 Å². The molecule has 0 aliphatic heterocycles. The summed E-state index contributed by atoms with van der Waals surface area (Å²) in [4.78, 5) is 8.37. The second-order valence-electron chi connectivity index (χ2n) is 4.60. The molecule has 0 radical (unpaired) electrons. The van der Waals surface area contributed by atoms with Crippen molar-refractivity contribution in [1.29, 1.82) is 0 Å². The first-order chi connectivity index (χ1) is 10.2. The summed E-state index contributed by atoms with van der Waals surface area (Å²) >= 11 is 0. The molecule has 7 nitrogen and oxygen atoms in total. The van der Waals surface area contributed by atoms with E-state index in [0.29, 0.717) is 22.6 Å². The highest BCUT2D eigenvalue weighted by Gasteiger charge is 2.16. The zero-order valence-electron chi connectivity index (χ0n) is 11.5. The quantitative estimate of drug-likeness (QED) is 0.720. The number of anilines is 1. The fourth-order valence-electron chi connectivity index (χ4n) is 1.99. The Balaban J connectivity index is 1.84. The van der Waals surface area contributed by atoms with Gasteiger partial charge in [-0.2, -0.15) is 5.10 Å². The molecule has 0 bridgehead atoms. The number of nitrogens with zero attached hydrogens (tertiary/aromatic N) is 4. The molecule has 2 heterocycles. The van der Waals surface area contributed by atoms with Crippen LogP contribution in [0.1, 0.15) is 19.2 Å². The SMILES string of the molecule is CCCn1ncnc1CS(=O)c1nc2ccc(N)cc2o1. The lowest BCUT2D eigenvalue weighted by Crippen LogP contribution is -2.08. The molecule has 1 unspecified atom stereocenters. The van der Waals surface area contributed by atoms with Crippen LogP contribution in [0.4, 0.5) is 5.69 Å². The smallest absolute Gasteiger partial charge is 0.288 e. The maximum absolute atomic E-state index is 12.4. The number of nitrogens with two attached hydrogens (primary N) is 1. The largest absolute Gasteiger partial charge is 0.430 e. The van der Waals surface area contributed by atoms with E-state index in [-0.39, 0.29) is 11.0 Å². The van der Waals surface area contributed by atoms with E-state index in [1.807, 2.05) is 6.92 Å². The van der Waals surface area contributed by atoms with Crippen LogP contribution < -0.4 is 5.73 Å². The summed E-state index contributed by atoms with van der Waals surface area (Å²) in [6.45, 7) is 2.80. The molecule has 3 aromatic rings. The molecule has 3 rings (SSSR count). The number of hydrogen-bond donors (Lipinski definition) is 1. The van der Waals surface area contributed by atoms with Gasteiger partial charge in [0.2, 0.25) is 0 Å². The van der Waals surface area contributed by atoms with Crippen LogP contribution in [0.2, 0.25) is 0 Å². The summed E-state index contributed by atoms with van der Waals surface area (Å²) in [6, 6.07) is 5.15. The summed E-state index contributed by atoms with van der Waals surface area (Å²) in [6.07, 6.45) is 2.40. The lowest BCUT2D eigenvalue weighted by atomic mass is 10.3. The van der Waals surface area contributed by atoms with E-state index in [4.69, 9.17) is 10.2 Å². The number of benzene rings is 1. The van der Waals surface area contributed by atoms with Crippen LogP contribution in [0, 0.1) is 0 Å². The lowest BCUT2D eigenvalue weighted by Gasteiger charge is -2.02. The van der Waals surface area contributed by atoms with Crippen molar-refractivity contribution in [2.75, 3.05) is 5.73 Å². The number of fused-ring (bicyclic) bond motifs is 1. The zero-order chi connectivity index (χ0) is 14.8. The molecule has 1 atom stereocenters. The van der Waals surface area contributed by atoms with Gasteiger partial charge in [-0.05, 0) is 18.6 Å². The first-order valence-electron chi connectivity index (χ1n) is 6.58. The maximum atomic E-state index is 12.4. The van der Waals surface area contributed by atoms with E-state index in [2.05, 4.69) is 15.1 Å². The summed E-state index contributed by atoms with van der Waals surface area (Å²) in [5.74, 6) is 0.888. The Bertz CT molecular complexity index is 795. The summed E-state index contributed by atoms with van der Waals surface area (Å²) in [7, 11) is -1.41. The van der Waals surface area contributed by atoms with Gasteiger partial charge in [-0.1, -0.05) is 6.92 Å². The van der Waals surface area contributed by atoms with Gasteiger partial charge in [0.05, 0.1) is 5.75 Å². The van der Waals surface area contributed by atoms with E-state index in [1.165, 1.54) is 6.33 Å². The Morgan fingerprint density at radius 2 is 2.29 bits per heavy atom. The van der Waals surface area contributed by atoms with Gasteiger partial charge >= 0.3 is 0 Å². The molecule has 0 amide bonds. The molecule has 0 aliphatic rings. The van der Waals surface area contributed by atoms with Crippen LogP contribution >= 0.6 is 0 Å². The van der Waals surface area contributed by atoms with E-state index in [1.54, 1.807) is 22.9 Å². The Kier molecular flexibility index (Phi) is 3.70. The van der Waals surface area contributed by atoms with E-state index in [0.717, 1.165) is 13.0 Å². The Hall–Kier alpha value is -2.22. The minimum atomic E-state index is -1.41. The fraction of sp³-hybridized carbons (Fsp3) is 0.308. The van der Waals surface area contributed by atoms with Crippen LogP contribution in [-0.2, 0) is 23.1 Å². The monoisotopic (exact) mass is 305 g/mol. The van der Waals surface area contributed by atoms with Crippen molar-refractivity contribution in [3.05, 3.63) is 30.4 Å². The summed E-state index contributed by atoms with van der Waals surface area (Å²) in [5, 5.41) is 4.29. The van der Waals surface area contributed by atoms with Crippen molar-refractivity contribution >= 4 is 27.6 Å². The van der Waals surface area contributed by atoms with Gasteiger partial charge in [0.25, 0.3) is 5.22 Å². The minimum Gasteiger partial charge on any atom is -0.430 e. The van der Waals surface area contributed by atoms with Crippen LogP contribution in [-0.4, -0.2) is 24.0 Å². The molecule has 0 fully saturated rings. The number of aromatic nitrogens is 4. The van der Waals surface area contributed by atoms with Crippen molar-refractivity contribution in [3.63, 3.8) is 0 Å². The molecular weight excluding hydrogens is 290 g/mol. The summed E-state index contributed by atoms with van der Waals surface area (Å²) in [5.41, 5.74) is 7.45. The third kappa shape index (κ3) is 2.80. The normalized spacial score (nSPS) is 12.8. The molecular formula is C13H15N5O2S. The van der Waals surface area contributed by atoms with Gasteiger partial charge in [-0.3, -0.25) is 0 Å². The van der Waals surface area contributed by atoms with E-state index >= 15 is 0 Å².